The number of benzene rings is 1. The van der Waals surface area contributed by atoms with Gasteiger partial charge in [0.15, 0.2) is 0 Å². The van der Waals surface area contributed by atoms with E-state index in [1.165, 1.54) is 6.08 Å². The number of rotatable bonds is 10. The molecule has 0 atom stereocenters. The molecule has 1 aromatic carbocycles. The van der Waals surface area contributed by atoms with Crippen molar-refractivity contribution in [3.8, 4) is 0 Å². The van der Waals surface area contributed by atoms with E-state index in [9.17, 15) is 13.2 Å². The van der Waals surface area contributed by atoms with Gasteiger partial charge in [-0.25, -0.2) is 18.1 Å². The minimum Gasteiger partial charge on any atom is -0.354 e. The predicted molar refractivity (Wildman–Crippen MR) is 127 cm³/mol. The Morgan fingerprint density at radius 2 is 1.84 bits per heavy atom. The summed E-state index contributed by atoms with van der Waals surface area (Å²) in [4.78, 5) is 21.3. The normalized spacial score (nSPS) is 15.2. The molecule has 0 unspecified atom stereocenters. The van der Waals surface area contributed by atoms with Crippen molar-refractivity contribution in [2.24, 2.45) is 0 Å². The van der Waals surface area contributed by atoms with Crippen LogP contribution < -0.4 is 14.9 Å². The first kappa shape index (κ1) is 23.9. The third kappa shape index (κ3) is 7.74. The highest BCUT2D eigenvalue weighted by Crippen LogP contribution is 2.14. The van der Waals surface area contributed by atoms with Crippen LogP contribution in [0.15, 0.2) is 54.1 Å². The second kappa shape index (κ2) is 11.8. The SMILES string of the molecule is CCN1CCN(c2ccc(CNC(=O)CCNS(=O)(=O)C=Cc3ccccc3)cn2)CC1. The van der Waals surface area contributed by atoms with Gasteiger partial charge in [-0.05, 0) is 29.8 Å². The molecule has 1 aliphatic heterocycles. The molecular formula is C23H31N5O3S. The van der Waals surface area contributed by atoms with E-state index < -0.39 is 10.0 Å². The lowest BCUT2D eigenvalue weighted by Gasteiger charge is -2.34. The van der Waals surface area contributed by atoms with Crippen molar-refractivity contribution >= 4 is 27.8 Å². The van der Waals surface area contributed by atoms with Crippen LogP contribution in [0.4, 0.5) is 5.82 Å². The predicted octanol–water partition coefficient (Wildman–Crippen LogP) is 1.82. The Morgan fingerprint density at radius 1 is 1.09 bits per heavy atom. The summed E-state index contributed by atoms with van der Waals surface area (Å²) in [5.41, 5.74) is 1.69. The number of hydrogen-bond acceptors (Lipinski definition) is 6. The molecule has 1 aliphatic rings. The van der Waals surface area contributed by atoms with E-state index in [1.54, 1.807) is 6.20 Å². The summed E-state index contributed by atoms with van der Waals surface area (Å²) in [6, 6.07) is 13.1. The Labute approximate surface area is 190 Å². The molecule has 0 saturated carbocycles. The second-order valence-electron chi connectivity index (χ2n) is 7.63. The summed E-state index contributed by atoms with van der Waals surface area (Å²) in [6.45, 7) is 7.66. The van der Waals surface area contributed by atoms with Gasteiger partial charge in [-0.3, -0.25) is 4.79 Å². The molecule has 2 N–H and O–H groups in total. The van der Waals surface area contributed by atoms with Crippen LogP contribution in [0, 0.1) is 0 Å². The second-order valence-corrected chi connectivity index (χ2v) is 9.28. The summed E-state index contributed by atoms with van der Waals surface area (Å²) in [7, 11) is -3.59. The van der Waals surface area contributed by atoms with E-state index in [1.807, 2.05) is 42.5 Å². The average molecular weight is 458 g/mol. The van der Waals surface area contributed by atoms with Crippen molar-refractivity contribution in [2.75, 3.05) is 44.2 Å². The molecular weight excluding hydrogens is 426 g/mol. The number of likely N-dealkylation sites (N-methyl/N-ethyl adjacent to an activating group) is 1. The van der Waals surface area contributed by atoms with Gasteiger partial charge in [-0.2, -0.15) is 0 Å². The molecule has 9 heteroatoms. The van der Waals surface area contributed by atoms with E-state index >= 15 is 0 Å². The number of hydrogen-bond donors (Lipinski definition) is 2. The zero-order chi connectivity index (χ0) is 22.8. The van der Waals surface area contributed by atoms with E-state index in [0.29, 0.717) is 6.54 Å². The van der Waals surface area contributed by atoms with Crippen LogP contribution in [-0.4, -0.2) is 63.5 Å². The van der Waals surface area contributed by atoms with Crippen LogP contribution in [0.5, 0.6) is 0 Å². The number of aromatic nitrogens is 1. The topological polar surface area (TPSA) is 94.6 Å². The minimum absolute atomic E-state index is 0.0359. The Morgan fingerprint density at radius 3 is 2.50 bits per heavy atom. The number of sulfonamides is 1. The van der Waals surface area contributed by atoms with Crippen LogP contribution >= 0.6 is 0 Å². The molecule has 3 rings (SSSR count). The fraction of sp³-hybridized carbons (Fsp3) is 0.391. The molecule has 2 aromatic rings. The van der Waals surface area contributed by atoms with Crippen molar-refractivity contribution in [1.82, 2.24) is 19.9 Å². The van der Waals surface area contributed by atoms with Gasteiger partial charge in [0.25, 0.3) is 0 Å². The number of carbonyl (C=O) groups is 1. The maximum absolute atomic E-state index is 12.1. The zero-order valence-corrected chi connectivity index (χ0v) is 19.2. The molecule has 0 radical (unpaired) electrons. The average Bonchev–Trinajstić information content (AvgIpc) is 2.82. The third-order valence-corrected chi connectivity index (χ3v) is 6.44. The fourth-order valence-corrected chi connectivity index (χ4v) is 4.20. The lowest BCUT2D eigenvalue weighted by atomic mass is 10.2. The molecule has 1 saturated heterocycles. The zero-order valence-electron chi connectivity index (χ0n) is 18.4. The number of carbonyl (C=O) groups excluding carboxylic acids is 1. The Kier molecular flexibility index (Phi) is 8.78. The van der Waals surface area contributed by atoms with Crippen molar-refractivity contribution in [3.63, 3.8) is 0 Å². The maximum atomic E-state index is 12.1. The fourth-order valence-electron chi connectivity index (χ4n) is 3.38. The molecule has 32 heavy (non-hydrogen) atoms. The smallest absolute Gasteiger partial charge is 0.233 e. The number of pyridine rings is 1. The molecule has 2 heterocycles. The molecule has 1 amide bonds. The van der Waals surface area contributed by atoms with Gasteiger partial charge < -0.3 is 15.1 Å². The summed E-state index contributed by atoms with van der Waals surface area (Å²) < 4.78 is 26.4. The summed E-state index contributed by atoms with van der Waals surface area (Å²) in [5.74, 6) is 0.730. The van der Waals surface area contributed by atoms with Crippen molar-refractivity contribution < 1.29 is 13.2 Å². The van der Waals surface area contributed by atoms with E-state index in [4.69, 9.17) is 0 Å². The molecule has 1 fully saturated rings. The number of nitrogens with one attached hydrogen (secondary N) is 2. The van der Waals surface area contributed by atoms with Gasteiger partial charge in [0.05, 0.1) is 0 Å². The number of nitrogens with zero attached hydrogens (tertiary/aromatic N) is 3. The lowest BCUT2D eigenvalue weighted by molar-refractivity contribution is -0.121. The van der Waals surface area contributed by atoms with E-state index in [-0.39, 0.29) is 18.9 Å². The summed E-state index contributed by atoms with van der Waals surface area (Å²) in [5, 5.41) is 3.91. The quantitative estimate of drug-likeness (QED) is 0.565. The minimum atomic E-state index is -3.59. The molecule has 1 aromatic heterocycles. The Bertz CT molecular complexity index is 986. The standard InChI is InChI=1S/C23H31N5O3S/c1-2-27-13-15-28(16-14-27)22-9-8-21(18-24-22)19-25-23(29)10-12-26-32(30,31)17-11-20-6-4-3-5-7-20/h3-9,11,17-18,26H,2,10,12-16,19H2,1H3,(H,25,29). The van der Waals surface area contributed by atoms with Gasteiger partial charge in [0, 0.05) is 57.3 Å². The Hall–Kier alpha value is -2.75. The summed E-state index contributed by atoms with van der Waals surface area (Å²) in [6.07, 6.45) is 3.35. The lowest BCUT2D eigenvalue weighted by Crippen LogP contribution is -2.46. The third-order valence-electron chi connectivity index (χ3n) is 5.34. The van der Waals surface area contributed by atoms with Crippen molar-refractivity contribution in [3.05, 3.63) is 65.2 Å². The first-order chi connectivity index (χ1) is 15.4. The van der Waals surface area contributed by atoms with Crippen LogP contribution in [0.25, 0.3) is 6.08 Å². The van der Waals surface area contributed by atoms with Gasteiger partial charge in [-0.15, -0.1) is 0 Å². The molecule has 0 spiro atoms. The van der Waals surface area contributed by atoms with Gasteiger partial charge in [0.2, 0.25) is 15.9 Å². The summed E-state index contributed by atoms with van der Waals surface area (Å²) >= 11 is 0. The van der Waals surface area contributed by atoms with Crippen LogP contribution in [-0.2, 0) is 21.4 Å². The van der Waals surface area contributed by atoms with Gasteiger partial charge in [0.1, 0.15) is 5.82 Å². The van der Waals surface area contributed by atoms with Crippen LogP contribution in [0.3, 0.4) is 0 Å². The van der Waals surface area contributed by atoms with Crippen LogP contribution in [0.2, 0.25) is 0 Å². The molecule has 0 aliphatic carbocycles. The van der Waals surface area contributed by atoms with Crippen LogP contribution in [0.1, 0.15) is 24.5 Å². The van der Waals surface area contributed by atoms with Gasteiger partial charge in [-0.1, -0.05) is 43.3 Å². The highest BCUT2D eigenvalue weighted by Gasteiger charge is 2.16. The Balaban J connectivity index is 1.37. The number of piperazine rings is 1. The molecule has 0 bridgehead atoms. The molecule has 172 valence electrons. The van der Waals surface area contributed by atoms with Crippen molar-refractivity contribution in [1.29, 1.82) is 0 Å². The highest BCUT2D eigenvalue weighted by atomic mass is 32.2. The number of anilines is 1. The maximum Gasteiger partial charge on any atom is 0.233 e. The van der Waals surface area contributed by atoms with E-state index in [0.717, 1.165) is 55.1 Å². The first-order valence-corrected chi connectivity index (χ1v) is 12.4. The first-order valence-electron chi connectivity index (χ1n) is 10.9. The molecule has 8 nitrogen and oxygen atoms in total. The highest BCUT2D eigenvalue weighted by molar-refractivity contribution is 7.92. The van der Waals surface area contributed by atoms with Crippen molar-refractivity contribution in [2.45, 2.75) is 19.9 Å². The monoisotopic (exact) mass is 457 g/mol. The van der Waals surface area contributed by atoms with E-state index in [2.05, 4.69) is 31.7 Å². The largest absolute Gasteiger partial charge is 0.354 e. The number of amides is 1. The van der Waals surface area contributed by atoms with Gasteiger partial charge >= 0.3 is 0 Å².